The van der Waals surface area contributed by atoms with Crippen molar-refractivity contribution in [3.63, 3.8) is 0 Å². The number of benzene rings is 1. The first-order chi connectivity index (χ1) is 15.1. The largest absolute Gasteiger partial charge is 0.378 e. The number of halogens is 1. The number of piperazine rings is 1. The molecule has 162 valence electrons. The fraction of sp³-hybridized carbons (Fsp3) is 0.400. The molecule has 2 aliphatic rings. The van der Waals surface area contributed by atoms with Crippen molar-refractivity contribution in [2.24, 2.45) is 0 Å². The average molecular weight is 461 g/mol. The van der Waals surface area contributed by atoms with Gasteiger partial charge >= 0.3 is 0 Å². The van der Waals surface area contributed by atoms with E-state index in [1.165, 1.54) is 22.0 Å². The van der Waals surface area contributed by atoms with Gasteiger partial charge in [-0.3, -0.25) is 9.59 Å². The SMILES string of the molecule is O=C(c1cnc2sc(N3CCOCC3)nn2c1=O)N1CCN(c2cccc(Cl)c2)CC1. The fourth-order valence-electron chi connectivity index (χ4n) is 3.82. The van der Waals surface area contributed by atoms with Gasteiger partial charge in [-0.25, -0.2) is 4.98 Å². The molecular formula is C20H21ClN6O3S. The fourth-order valence-corrected chi connectivity index (χ4v) is 4.91. The van der Waals surface area contributed by atoms with Crippen LogP contribution in [-0.4, -0.2) is 77.9 Å². The van der Waals surface area contributed by atoms with E-state index in [0.717, 1.165) is 18.8 Å². The number of anilines is 2. The van der Waals surface area contributed by atoms with Crippen molar-refractivity contribution in [1.29, 1.82) is 0 Å². The molecular weight excluding hydrogens is 440 g/mol. The molecule has 2 fully saturated rings. The van der Waals surface area contributed by atoms with Gasteiger partial charge in [0.05, 0.1) is 13.2 Å². The lowest BCUT2D eigenvalue weighted by atomic mass is 10.2. The maximum atomic E-state index is 13.1. The van der Waals surface area contributed by atoms with Gasteiger partial charge in [-0.15, -0.1) is 5.10 Å². The lowest BCUT2D eigenvalue weighted by Gasteiger charge is -2.36. The van der Waals surface area contributed by atoms with Crippen molar-refractivity contribution >= 4 is 44.6 Å². The number of nitrogens with zero attached hydrogens (tertiary/aromatic N) is 6. The van der Waals surface area contributed by atoms with Crippen molar-refractivity contribution in [3.8, 4) is 0 Å². The number of aromatic nitrogens is 3. The zero-order valence-electron chi connectivity index (χ0n) is 16.7. The molecule has 1 amide bonds. The maximum absolute atomic E-state index is 13.1. The molecule has 0 saturated carbocycles. The minimum absolute atomic E-state index is 0.0486. The number of hydrogen-bond donors (Lipinski definition) is 0. The van der Waals surface area contributed by atoms with Crippen LogP contribution in [0.4, 0.5) is 10.8 Å². The number of hydrogen-bond acceptors (Lipinski definition) is 8. The molecule has 0 bridgehead atoms. The Kier molecular flexibility index (Phi) is 5.51. The molecule has 0 aliphatic carbocycles. The Hall–Kier alpha value is -2.69. The minimum Gasteiger partial charge on any atom is -0.378 e. The van der Waals surface area contributed by atoms with Gasteiger partial charge in [0.2, 0.25) is 10.1 Å². The third kappa shape index (κ3) is 3.98. The highest BCUT2D eigenvalue weighted by molar-refractivity contribution is 7.20. The Morgan fingerprint density at radius 1 is 1.06 bits per heavy atom. The van der Waals surface area contributed by atoms with Gasteiger partial charge in [0.1, 0.15) is 5.56 Å². The summed E-state index contributed by atoms with van der Waals surface area (Å²) in [5, 5.41) is 5.82. The number of carbonyl (C=O) groups is 1. The second kappa shape index (κ2) is 8.45. The van der Waals surface area contributed by atoms with Gasteiger partial charge in [0.25, 0.3) is 11.5 Å². The lowest BCUT2D eigenvalue weighted by Crippen LogP contribution is -2.49. The van der Waals surface area contributed by atoms with Crippen molar-refractivity contribution in [2.45, 2.75) is 0 Å². The molecule has 0 atom stereocenters. The molecule has 11 heteroatoms. The summed E-state index contributed by atoms with van der Waals surface area (Å²) >= 11 is 7.43. The molecule has 2 aliphatic heterocycles. The Bertz CT molecular complexity index is 1170. The minimum atomic E-state index is -0.428. The van der Waals surface area contributed by atoms with Gasteiger partial charge in [-0.05, 0) is 18.2 Å². The van der Waals surface area contributed by atoms with Crippen LogP contribution < -0.4 is 15.4 Å². The van der Waals surface area contributed by atoms with Gasteiger partial charge < -0.3 is 19.4 Å². The number of morpholine rings is 1. The Balaban J connectivity index is 1.33. The third-order valence-electron chi connectivity index (χ3n) is 5.53. The van der Waals surface area contributed by atoms with Crippen LogP contribution in [0.15, 0.2) is 35.3 Å². The monoisotopic (exact) mass is 460 g/mol. The summed E-state index contributed by atoms with van der Waals surface area (Å²) in [4.78, 5) is 36.8. The molecule has 4 heterocycles. The Morgan fingerprint density at radius 2 is 1.84 bits per heavy atom. The molecule has 5 rings (SSSR count). The average Bonchev–Trinajstić information content (AvgIpc) is 3.25. The molecule has 31 heavy (non-hydrogen) atoms. The second-order valence-electron chi connectivity index (χ2n) is 7.41. The third-order valence-corrected chi connectivity index (χ3v) is 6.75. The van der Waals surface area contributed by atoms with Gasteiger partial charge in [-0.2, -0.15) is 4.52 Å². The molecule has 2 saturated heterocycles. The topological polar surface area (TPSA) is 83.3 Å². The van der Waals surface area contributed by atoms with Crippen molar-refractivity contribution in [1.82, 2.24) is 19.5 Å². The van der Waals surface area contributed by atoms with Crippen LogP contribution in [0.25, 0.3) is 4.96 Å². The molecule has 9 nitrogen and oxygen atoms in total. The van der Waals surface area contributed by atoms with Crippen LogP contribution in [0.1, 0.15) is 10.4 Å². The van der Waals surface area contributed by atoms with E-state index in [1.807, 2.05) is 24.3 Å². The van der Waals surface area contributed by atoms with Crippen LogP contribution in [-0.2, 0) is 4.74 Å². The van der Waals surface area contributed by atoms with Crippen molar-refractivity contribution < 1.29 is 9.53 Å². The van der Waals surface area contributed by atoms with E-state index in [4.69, 9.17) is 16.3 Å². The number of amides is 1. The highest BCUT2D eigenvalue weighted by atomic mass is 35.5. The van der Waals surface area contributed by atoms with Crippen LogP contribution in [0.5, 0.6) is 0 Å². The normalized spacial score (nSPS) is 17.4. The summed E-state index contributed by atoms with van der Waals surface area (Å²) in [7, 11) is 0. The van der Waals surface area contributed by atoms with E-state index in [1.54, 1.807) is 4.90 Å². The molecule has 0 spiro atoms. The first-order valence-electron chi connectivity index (χ1n) is 10.1. The first kappa shape index (κ1) is 20.2. The van der Waals surface area contributed by atoms with Gasteiger partial charge in [0, 0.05) is 56.2 Å². The molecule has 3 aromatic rings. The summed E-state index contributed by atoms with van der Waals surface area (Å²) in [5.74, 6) is -0.307. The summed E-state index contributed by atoms with van der Waals surface area (Å²) in [6.45, 7) is 5.07. The predicted molar refractivity (Wildman–Crippen MR) is 120 cm³/mol. The van der Waals surface area contributed by atoms with E-state index >= 15 is 0 Å². The zero-order chi connectivity index (χ0) is 21.4. The summed E-state index contributed by atoms with van der Waals surface area (Å²) in [6.07, 6.45) is 1.38. The number of fused-ring (bicyclic) bond motifs is 1. The lowest BCUT2D eigenvalue weighted by molar-refractivity contribution is 0.0744. The van der Waals surface area contributed by atoms with E-state index in [-0.39, 0.29) is 11.5 Å². The predicted octanol–water partition coefficient (Wildman–Crippen LogP) is 1.60. The quantitative estimate of drug-likeness (QED) is 0.587. The molecule has 2 aromatic heterocycles. The maximum Gasteiger partial charge on any atom is 0.288 e. The van der Waals surface area contributed by atoms with Crippen LogP contribution in [0, 0.1) is 0 Å². The van der Waals surface area contributed by atoms with Crippen molar-refractivity contribution in [3.05, 3.63) is 51.4 Å². The number of carbonyl (C=O) groups excluding carboxylic acids is 1. The molecule has 0 radical (unpaired) electrons. The first-order valence-corrected chi connectivity index (χ1v) is 11.3. The zero-order valence-corrected chi connectivity index (χ0v) is 18.3. The van der Waals surface area contributed by atoms with Crippen LogP contribution in [0.3, 0.4) is 0 Å². The summed E-state index contributed by atoms with van der Waals surface area (Å²) < 4.78 is 6.61. The van der Waals surface area contributed by atoms with Crippen LogP contribution >= 0.6 is 22.9 Å². The highest BCUT2D eigenvalue weighted by Crippen LogP contribution is 2.23. The van der Waals surface area contributed by atoms with E-state index in [9.17, 15) is 9.59 Å². The highest BCUT2D eigenvalue weighted by Gasteiger charge is 2.26. The Morgan fingerprint density at radius 3 is 2.58 bits per heavy atom. The van der Waals surface area contributed by atoms with Gasteiger partial charge in [0.15, 0.2) is 0 Å². The standard InChI is InChI=1S/C20H21ClN6O3S/c21-14-2-1-3-15(12-14)24-4-6-25(7-5-24)17(28)16-13-22-19-27(18(16)29)23-20(31-19)26-8-10-30-11-9-26/h1-3,12-13H,4-11H2. The molecule has 1 aromatic carbocycles. The summed E-state index contributed by atoms with van der Waals surface area (Å²) in [6, 6.07) is 7.67. The van der Waals surface area contributed by atoms with Gasteiger partial charge in [-0.1, -0.05) is 29.0 Å². The smallest absolute Gasteiger partial charge is 0.288 e. The Labute approximate surface area is 187 Å². The van der Waals surface area contributed by atoms with Crippen LogP contribution in [0.2, 0.25) is 5.02 Å². The van der Waals surface area contributed by atoms with E-state index < -0.39 is 5.56 Å². The van der Waals surface area contributed by atoms with E-state index in [2.05, 4.69) is 19.9 Å². The number of rotatable bonds is 3. The second-order valence-corrected chi connectivity index (χ2v) is 8.79. The van der Waals surface area contributed by atoms with E-state index in [0.29, 0.717) is 54.5 Å². The number of ether oxygens (including phenoxy) is 1. The summed E-state index contributed by atoms with van der Waals surface area (Å²) in [5.41, 5.74) is 0.649. The molecule has 0 N–H and O–H groups in total. The van der Waals surface area contributed by atoms with Crippen molar-refractivity contribution in [2.75, 3.05) is 62.3 Å². The molecule has 0 unspecified atom stereocenters.